The van der Waals surface area contributed by atoms with Crippen LogP contribution in [0.4, 0.5) is 0 Å². The molecule has 1 rings (SSSR count). The third-order valence-electron chi connectivity index (χ3n) is 2.49. The van der Waals surface area contributed by atoms with Crippen LogP contribution in [0.25, 0.3) is 0 Å². The van der Waals surface area contributed by atoms with Crippen molar-refractivity contribution >= 4 is 0 Å². The van der Waals surface area contributed by atoms with Crippen molar-refractivity contribution < 1.29 is 0 Å². The first-order valence-electron chi connectivity index (χ1n) is 6.31. The molecule has 0 radical (unpaired) electrons. The SMILES string of the molecule is CC(C)CCn1ccc(CNCC(C)C)n1. The molecule has 3 heteroatoms. The predicted molar refractivity (Wildman–Crippen MR) is 68.2 cm³/mol. The number of nitrogens with one attached hydrogen (secondary N) is 1. The maximum Gasteiger partial charge on any atom is 0.0762 e. The van der Waals surface area contributed by atoms with Crippen molar-refractivity contribution in [3.63, 3.8) is 0 Å². The number of hydrogen-bond acceptors (Lipinski definition) is 2. The molecule has 0 amide bonds. The molecule has 0 aliphatic carbocycles. The Morgan fingerprint density at radius 3 is 2.62 bits per heavy atom. The first kappa shape index (κ1) is 13.2. The third kappa shape index (κ3) is 5.31. The lowest BCUT2D eigenvalue weighted by atomic mass is 10.1. The van der Waals surface area contributed by atoms with Gasteiger partial charge in [0.1, 0.15) is 0 Å². The lowest BCUT2D eigenvalue weighted by molar-refractivity contribution is 0.480. The minimum Gasteiger partial charge on any atom is -0.311 e. The van der Waals surface area contributed by atoms with E-state index in [1.54, 1.807) is 0 Å². The highest BCUT2D eigenvalue weighted by molar-refractivity contribution is 4.98. The summed E-state index contributed by atoms with van der Waals surface area (Å²) in [5.74, 6) is 1.44. The van der Waals surface area contributed by atoms with E-state index in [1.807, 2.05) is 4.68 Å². The minimum atomic E-state index is 0.697. The molecule has 0 saturated heterocycles. The Bertz CT molecular complexity index is 289. The van der Waals surface area contributed by atoms with Crippen LogP contribution in [0.15, 0.2) is 12.3 Å². The molecule has 0 unspecified atom stereocenters. The summed E-state index contributed by atoms with van der Waals surface area (Å²) < 4.78 is 2.05. The summed E-state index contributed by atoms with van der Waals surface area (Å²) in [6.07, 6.45) is 3.27. The van der Waals surface area contributed by atoms with Crippen LogP contribution >= 0.6 is 0 Å². The Balaban J connectivity index is 2.28. The lowest BCUT2D eigenvalue weighted by Gasteiger charge is -2.06. The molecule has 92 valence electrons. The van der Waals surface area contributed by atoms with Crippen LogP contribution in [0.1, 0.15) is 39.8 Å². The third-order valence-corrected chi connectivity index (χ3v) is 2.49. The van der Waals surface area contributed by atoms with Gasteiger partial charge < -0.3 is 5.32 Å². The molecule has 0 fully saturated rings. The van der Waals surface area contributed by atoms with Gasteiger partial charge in [-0.1, -0.05) is 27.7 Å². The fourth-order valence-corrected chi connectivity index (χ4v) is 1.50. The monoisotopic (exact) mass is 223 g/mol. The molecular weight excluding hydrogens is 198 g/mol. The van der Waals surface area contributed by atoms with Crippen LogP contribution in [0.5, 0.6) is 0 Å². The van der Waals surface area contributed by atoms with Crippen molar-refractivity contribution in [2.75, 3.05) is 6.54 Å². The molecule has 3 nitrogen and oxygen atoms in total. The Morgan fingerprint density at radius 1 is 1.25 bits per heavy atom. The summed E-state index contributed by atoms with van der Waals surface area (Å²) in [5.41, 5.74) is 1.14. The smallest absolute Gasteiger partial charge is 0.0762 e. The second-order valence-electron chi connectivity index (χ2n) is 5.28. The van der Waals surface area contributed by atoms with Crippen molar-refractivity contribution in [1.29, 1.82) is 0 Å². The average molecular weight is 223 g/mol. The summed E-state index contributed by atoms with van der Waals surface area (Å²) in [6, 6.07) is 2.10. The van der Waals surface area contributed by atoms with Crippen LogP contribution in [0.2, 0.25) is 0 Å². The summed E-state index contributed by atoms with van der Waals surface area (Å²) in [4.78, 5) is 0. The maximum atomic E-state index is 4.53. The topological polar surface area (TPSA) is 29.9 Å². The van der Waals surface area contributed by atoms with Crippen LogP contribution in [0, 0.1) is 11.8 Å². The highest BCUT2D eigenvalue weighted by Gasteiger charge is 2.00. The molecule has 0 bridgehead atoms. The maximum absolute atomic E-state index is 4.53. The molecule has 1 N–H and O–H groups in total. The Kier molecular flexibility index (Phi) is 5.53. The Hall–Kier alpha value is -0.830. The van der Waals surface area contributed by atoms with Gasteiger partial charge in [-0.2, -0.15) is 5.10 Å². The van der Waals surface area contributed by atoms with Crippen molar-refractivity contribution in [2.24, 2.45) is 11.8 Å². The van der Waals surface area contributed by atoms with Gasteiger partial charge >= 0.3 is 0 Å². The predicted octanol–water partition coefficient (Wildman–Crippen LogP) is 2.67. The zero-order chi connectivity index (χ0) is 12.0. The van der Waals surface area contributed by atoms with E-state index in [4.69, 9.17) is 0 Å². The molecule has 0 aliphatic heterocycles. The van der Waals surface area contributed by atoms with Gasteiger partial charge in [0.05, 0.1) is 5.69 Å². The number of rotatable bonds is 7. The highest BCUT2D eigenvalue weighted by Crippen LogP contribution is 2.03. The van der Waals surface area contributed by atoms with E-state index in [0.29, 0.717) is 5.92 Å². The zero-order valence-electron chi connectivity index (χ0n) is 11.0. The zero-order valence-corrected chi connectivity index (χ0v) is 11.0. The van der Waals surface area contributed by atoms with E-state index in [9.17, 15) is 0 Å². The fourth-order valence-electron chi connectivity index (χ4n) is 1.50. The second kappa shape index (κ2) is 6.69. The van der Waals surface area contributed by atoms with Crippen molar-refractivity contribution in [3.8, 4) is 0 Å². The van der Waals surface area contributed by atoms with Crippen molar-refractivity contribution in [3.05, 3.63) is 18.0 Å². The molecule has 0 atom stereocenters. The quantitative estimate of drug-likeness (QED) is 0.770. The van der Waals surface area contributed by atoms with Gasteiger partial charge in [0.2, 0.25) is 0 Å². The lowest BCUT2D eigenvalue weighted by Crippen LogP contribution is -2.19. The van der Waals surface area contributed by atoms with Gasteiger partial charge in [-0.25, -0.2) is 0 Å². The van der Waals surface area contributed by atoms with Crippen LogP contribution in [-0.2, 0) is 13.1 Å². The molecular formula is C13H25N3. The largest absolute Gasteiger partial charge is 0.311 e. The number of hydrogen-bond donors (Lipinski definition) is 1. The number of nitrogens with zero attached hydrogens (tertiary/aromatic N) is 2. The number of aryl methyl sites for hydroxylation is 1. The van der Waals surface area contributed by atoms with Gasteiger partial charge in [-0.15, -0.1) is 0 Å². The fraction of sp³-hybridized carbons (Fsp3) is 0.769. The first-order valence-corrected chi connectivity index (χ1v) is 6.31. The first-order chi connectivity index (χ1) is 7.58. The van der Waals surface area contributed by atoms with E-state index < -0.39 is 0 Å². The Morgan fingerprint density at radius 2 is 2.00 bits per heavy atom. The molecule has 0 spiro atoms. The summed E-state index contributed by atoms with van der Waals surface area (Å²) >= 11 is 0. The van der Waals surface area contributed by atoms with Crippen molar-refractivity contribution in [2.45, 2.75) is 47.2 Å². The highest BCUT2D eigenvalue weighted by atomic mass is 15.3. The van der Waals surface area contributed by atoms with E-state index >= 15 is 0 Å². The number of aromatic nitrogens is 2. The molecule has 16 heavy (non-hydrogen) atoms. The van der Waals surface area contributed by atoms with Gasteiger partial charge in [0.15, 0.2) is 0 Å². The minimum absolute atomic E-state index is 0.697. The Labute approximate surface area is 99.2 Å². The van der Waals surface area contributed by atoms with Crippen molar-refractivity contribution in [1.82, 2.24) is 15.1 Å². The average Bonchev–Trinajstić information content (AvgIpc) is 2.62. The molecule has 1 heterocycles. The molecule has 0 aliphatic rings. The second-order valence-corrected chi connectivity index (χ2v) is 5.28. The van der Waals surface area contributed by atoms with E-state index in [1.165, 1.54) is 6.42 Å². The molecule has 1 aromatic rings. The molecule has 0 saturated carbocycles. The summed E-state index contributed by atoms with van der Waals surface area (Å²) in [5, 5.41) is 7.94. The molecule has 0 aromatic carbocycles. The summed E-state index contributed by atoms with van der Waals surface area (Å²) in [7, 11) is 0. The van der Waals surface area contributed by atoms with E-state index in [0.717, 1.165) is 31.2 Å². The summed E-state index contributed by atoms with van der Waals surface area (Å²) in [6.45, 7) is 11.9. The van der Waals surface area contributed by atoms with Crippen LogP contribution in [0.3, 0.4) is 0 Å². The molecule has 1 aromatic heterocycles. The van der Waals surface area contributed by atoms with Gasteiger partial charge in [0.25, 0.3) is 0 Å². The van der Waals surface area contributed by atoms with Gasteiger partial charge in [0, 0.05) is 19.3 Å². The van der Waals surface area contributed by atoms with Gasteiger partial charge in [-0.3, -0.25) is 4.68 Å². The standard InChI is InChI=1S/C13H25N3/c1-11(2)5-7-16-8-6-13(15-16)10-14-9-12(3)4/h6,8,11-12,14H,5,7,9-10H2,1-4H3. The normalized spacial score (nSPS) is 11.6. The van der Waals surface area contributed by atoms with Gasteiger partial charge in [-0.05, 0) is 30.9 Å². The van der Waals surface area contributed by atoms with E-state index in [-0.39, 0.29) is 0 Å². The van der Waals surface area contributed by atoms with E-state index in [2.05, 4.69) is 50.4 Å². The van der Waals surface area contributed by atoms with Crippen LogP contribution in [-0.4, -0.2) is 16.3 Å². The van der Waals surface area contributed by atoms with Crippen LogP contribution < -0.4 is 5.32 Å².